The van der Waals surface area contributed by atoms with E-state index in [4.69, 9.17) is 16.3 Å². The molecular formula is C18H20ClN3O3S. The van der Waals surface area contributed by atoms with Crippen molar-refractivity contribution in [2.24, 2.45) is 0 Å². The number of thiophene rings is 1. The van der Waals surface area contributed by atoms with Gasteiger partial charge in [-0.25, -0.2) is 0 Å². The van der Waals surface area contributed by atoms with E-state index in [2.05, 4.69) is 20.9 Å². The van der Waals surface area contributed by atoms with Gasteiger partial charge in [-0.15, -0.1) is 0 Å². The van der Waals surface area contributed by atoms with E-state index in [1.165, 1.54) is 0 Å². The molecule has 1 saturated heterocycles. The standard InChI is InChI=1S/C18H20ClN3O3S/c19-14-3-1-2-4-15(14)21-18(24)17(23)20-11-16(13-5-10-26-12-13)22-6-8-25-9-7-22/h1-5,10,12,16H,6-9,11H2,(H,20,23)(H,21,24). The third-order valence-corrected chi connectivity index (χ3v) is 5.23. The summed E-state index contributed by atoms with van der Waals surface area (Å²) >= 11 is 7.62. The molecule has 0 radical (unpaired) electrons. The number of halogens is 1. The van der Waals surface area contributed by atoms with Gasteiger partial charge < -0.3 is 15.4 Å². The van der Waals surface area contributed by atoms with Crippen LogP contribution in [0.4, 0.5) is 5.69 Å². The highest BCUT2D eigenvalue weighted by Gasteiger charge is 2.24. The number of nitrogens with zero attached hydrogens (tertiary/aromatic N) is 1. The number of rotatable bonds is 5. The van der Waals surface area contributed by atoms with Crippen LogP contribution in [0.5, 0.6) is 0 Å². The van der Waals surface area contributed by atoms with Gasteiger partial charge in [-0.05, 0) is 34.5 Å². The van der Waals surface area contributed by atoms with Crippen LogP contribution < -0.4 is 10.6 Å². The lowest BCUT2D eigenvalue weighted by Gasteiger charge is -2.34. The average molecular weight is 394 g/mol. The topological polar surface area (TPSA) is 70.7 Å². The van der Waals surface area contributed by atoms with Gasteiger partial charge in [0, 0.05) is 19.6 Å². The van der Waals surface area contributed by atoms with E-state index in [-0.39, 0.29) is 6.04 Å². The van der Waals surface area contributed by atoms with Crippen molar-refractivity contribution < 1.29 is 14.3 Å². The lowest BCUT2D eigenvalue weighted by atomic mass is 10.1. The van der Waals surface area contributed by atoms with E-state index in [1.54, 1.807) is 35.6 Å². The number of morpholine rings is 1. The van der Waals surface area contributed by atoms with Gasteiger partial charge in [0.25, 0.3) is 0 Å². The molecule has 2 heterocycles. The molecule has 1 fully saturated rings. The molecule has 1 aromatic heterocycles. The molecular weight excluding hydrogens is 374 g/mol. The van der Waals surface area contributed by atoms with Gasteiger partial charge in [0.05, 0.1) is 30.0 Å². The zero-order valence-corrected chi connectivity index (χ0v) is 15.7. The molecule has 6 nitrogen and oxygen atoms in total. The Labute approximate surface area is 161 Å². The zero-order valence-electron chi connectivity index (χ0n) is 14.1. The number of benzene rings is 1. The van der Waals surface area contributed by atoms with Crippen molar-refractivity contribution >= 4 is 40.4 Å². The molecule has 3 rings (SSSR count). The predicted molar refractivity (Wildman–Crippen MR) is 103 cm³/mol. The van der Waals surface area contributed by atoms with E-state index >= 15 is 0 Å². The van der Waals surface area contributed by atoms with Crippen LogP contribution >= 0.6 is 22.9 Å². The van der Waals surface area contributed by atoms with Crippen molar-refractivity contribution in [3.05, 3.63) is 51.7 Å². The first-order valence-electron chi connectivity index (χ1n) is 8.33. The van der Waals surface area contributed by atoms with Crippen molar-refractivity contribution in [1.29, 1.82) is 0 Å². The molecule has 0 saturated carbocycles. The van der Waals surface area contributed by atoms with Gasteiger partial charge in [-0.1, -0.05) is 23.7 Å². The van der Waals surface area contributed by atoms with Crippen molar-refractivity contribution in [1.82, 2.24) is 10.2 Å². The number of amides is 2. The number of ether oxygens (including phenoxy) is 1. The van der Waals surface area contributed by atoms with Gasteiger partial charge in [0.1, 0.15) is 0 Å². The Bertz CT molecular complexity index is 748. The fourth-order valence-electron chi connectivity index (χ4n) is 2.82. The number of para-hydroxylation sites is 1. The van der Waals surface area contributed by atoms with Crippen LogP contribution in [-0.2, 0) is 14.3 Å². The van der Waals surface area contributed by atoms with Crippen LogP contribution in [0.3, 0.4) is 0 Å². The number of nitrogens with one attached hydrogen (secondary N) is 2. The summed E-state index contributed by atoms with van der Waals surface area (Å²) < 4.78 is 5.41. The second-order valence-corrected chi connectivity index (χ2v) is 7.05. The van der Waals surface area contributed by atoms with Crippen LogP contribution in [0, 0.1) is 0 Å². The molecule has 26 heavy (non-hydrogen) atoms. The molecule has 8 heteroatoms. The molecule has 1 atom stereocenters. The fraction of sp³-hybridized carbons (Fsp3) is 0.333. The summed E-state index contributed by atoms with van der Waals surface area (Å²) in [6, 6.07) is 8.86. The maximum absolute atomic E-state index is 12.2. The average Bonchev–Trinajstić information content (AvgIpc) is 3.19. The zero-order chi connectivity index (χ0) is 18.4. The summed E-state index contributed by atoms with van der Waals surface area (Å²) in [7, 11) is 0. The third kappa shape index (κ3) is 4.82. The van der Waals surface area contributed by atoms with Crippen LogP contribution in [0.1, 0.15) is 11.6 Å². The van der Waals surface area contributed by atoms with Gasteiger partial charge in [-0.2, -0.15) is 11.3 Å². The van der Waals surface area contributed by atoms with E-state index in [1.807, 2.05) is 11.4 Å². The molecule has 1 aliphatic heterocycles. The predicted octanol–water partition coefficient (Wildman–Crippen LogP) is 2.53. The summed E-state index contributed by atoms with van der Waals surface area (Å²) in [4.78, 5) is 26.6. The second-order valence-electron chi connectivity index (χ2n) is 5.86. The monoisotopic (exact) mass is 393 g/mol. The summed E-state index contributed by atoms with van der Waals surface area (Å²) in [6.07, 6.45) is 0. The largest absolute Gasteiger partial charge is 0.379 e. The molecule has 1 aromatic carbocycles. The van der Waals surface area contributed by atoms with Crippen molar-refractivity contribution in [2.45, 2.75) is 6.04 Å². The highest BCUT2D eigenvalue weighted by atomic mass is 35.5. The number of hydrogen-bond acceptors (Lipinski definition) is 5. The quantitative estimate of drug-likeness (QED) is 0.766. The van der Waals surface area contributed by atoms with Crippen LogP contribution in [-0.4, -0.2) is 49.6 Å². The molecule has 2 aromatic rings. The number of anilines is 1. The minimum atomic E-state index is -0.732. The van der Waals surface area contributed by atoms with Crippen molar-refractivity contribution in [3.8, 4) is 0 Å². The molecule has 2 amide bonds. The normalized spacial score (nSPS) is 16.0. The van der Waals surface area contributed by atoms with Gasteiger partial charge in [0.15, 0.2) is 0 Å². The minimum Gasteiger partial charge on any atom is -0.379 e. The summed E-state index contributed by atoms with van der Waals surface area (Å²) in [6.45, 7) is 3.28. The molecule has 0 spiro atoms. The Morgan fingerprint density at radius 3 is 2.65 bits per heavy atom. The third-order valence-electron chi connectivity index (χ3n) is 4.20. The van der Waals surface area contributed by atoms with Crippen molar-refractivity contribution in [3.63, 3.8) is 0 Å². The highest BCUT2D eigenvalue weighted by molar-refractivity contribution is 7.08. The minimum absolute atomic E-state index is 0.0159. The fourth-order valence-corrected chi connectivity index (χ4v) is 3.71. The van der Waals surface area contributed by atoms with Gasteiger partial charge in [-0.3, -0.25) is 14.5 Å². The second kappa shape index (κ2) is 9.14. The molecule has 138 valence electrons. The van der Waals surface area contributed by atoms with Crippen LogP contribution in [0.2, 0.25) is 5.02 Å². The molecule has 0 aliphatic carbocycles. The van der Waals surface area contributed by atoms with E-state index in [0.717, 1.165) is 18.7 Å². The summed E-state index contributed by atoms with van der Waals surface area (Å²) in [5.41, 5.74) is 1.54. The van der Waals surface area contributed by atoms with Crippen LogP contribution in [0.25, 0.3) is 0 Å². The van der Waals surface area contributed by atoms with Gasteiger partial charge in [0.2, 0.25) is 0 Å². The molecule has 2 N–H and O–H groups in total. The Morgan fingerprint density at radius 1 is 1.19 bits per heavy atom. The highest BCUT2D eigenvalue weighted by Crippen LogP contribution is 2.23. The smallest absolute Gasteiger partial charge is 0.313 e. The lowest BCUT2D eigenvalue weighted by Crippen LogP contribution is -2.45. The van der Waals surface area contributed by atoms with E-state index < -0.39 is 11.8 Å². The number of carbonyl (C=O) groups is 2. The Morgan fingerprint density at radius 2 is 1.96 bits per heavy atom. The Kier molecular flexibility index (Phi) is 6.62. The molecule has 0 bridgehead atoms. The van der Waals surface area contributed by atoms with Crippen molar-refractivity contribution in [2.75, 3.05) is 38.2 Å². The first-order chi connectivity index (χ1) is 12.6. The maximum atomic E-state index is 12.2. The summed E-state index contributed by atoms with van der Waals surface area (Å²) in [5.74, 6) is -1.41. The molecule has 1 aliphatic rings. The van der Waals surface area contributed by atoms with E-state index in [0.29, 0.717) is 30.5 Å². The Hall–Kier alpha value is -1.93. The SMILES string of the molecule is O=C(NCC(c1ccsc1)N1CCOCC1)C(=O)Nc1ccccc1Cl. The number of hydrogen-bond donors (Lipinski definition) is 2. The maximum Gasteiger partial charge on any atom is 0.313 e. The Balaban J connectivity index is 1.60. The first kappa shape index (κ1) is 18.8. The van der Waals surface area contributed by atoms with E-state index in [9.17, 15) is 9.59 Å². The first-order valence-corrected chi connectivity index (χ1v) is 9.65. The van der Waals surface area contributed by atoms with Crippen LogP contribution in [0.15, 0.2) is 41.1 Å². The number of carbonyl (C=O) groups excluding carboxylic acids is 2. The molecule has 1 unspecified atom stereocenters. The van der Waals surface area contributed by atoms with Gasteiger partial charge >= 0.3 is 11.8 Å². The summed E-state index contributed by atoms with van der Waals surface area (Å²) in [5, 5.41) is 9.73. The lowest BCUT2D eigenvalue weighted by molar-refractivity contribution is -0.136.